The van der Waals surface area contributed by atoms with Crippen LogP contribution in [0.25, 0.3) is 0 Å². The van der Waals surface area contributed by atoms with Crippen LogP contribution in [-0.2, 0) is 26.1 Å². The van der Waals surface area contributed by atoms with E-state index in [1.807, 2.05) is 10.9 Å². The van der Waals surface area contributed by atoms with Crippen molar-refractivity contribution in [2.45, 2.75) is 57.7 Å². The Bertz CT molecular complexity index is 594. The monoisotopic (exact) mass is 286 g/mol. The molecule has 0 atom stereocenters. The first-order chi connectivity index (χ1) is 10.4. The van der Waals surface area contributed by atoms with E-state index in [4.69, 9.17) is 4.98 Å². The van der Waals surface area contributed by atoms with Gasteiger partial charge >= 0.3 is 0 Å². The highest BCUT2D eigenvalue weighted by Gasteiger charge is 2.26. The Labute approximate surface area is 124 Å². The van der Waals surface area contributed by atoms with Crippen molar-refractivity contribution in [1.82, 2.24) is 29.9 Å². The minimum Gasteiger partial charge on any atom is -0.330 e. The lowest BCUT2D eigenvalue weighted by Crippen LogP contribution is -2.25. The molecule has 6 heteroatoms. The van der Waals surface area contributed by atoms with Gasteiger partial charge in [0.15, 0.2) is 0 Å². The van der Waals surface area contributed by atoms with Crippen LogP contribution in [0.1, 0.15) is 48.8 Å². The fourth-order valence-electron chi connectivity index (χ4n) is 3.69. The summed E-state index contributed by atoms with van der Waals surface area (Å²) >= 11 is 0. The number of rotatable bonds is 4. The van der Waals surface area contributed by atoms with Gasteiger partial charge in [-0.25, -0.2) is 4.98 Å². The predicted octanol–water partition coefficient (Wildman–Crippen LogP) is 1.48. The van der Waals surface area contributed by atoms with Crippen LogP contribution in [0.15, 0.2) is 12.4 Å². The molecule has 1 aliphatic carbocycles. The fourth-order valence-corrected chi connectivity index (χ4v) is 3.69. The van der Waals surface area contributed by atoms with E-state index in [-0.39, 0.29) is 0 Å². The van der Waals surface area contributed by atoms with Crippen LogP contribution >= 0.6 is 0 Å². The van der Waals surface area contributed by atoms with Gasteiger partial charge in [0.25, 0.3) is 0 Å². The maximum atomic E-state index is 4.99. The van der Waals surface area contributed by atoms with Gasteiger partial charge in [0.05, 0.1) is 18.4 Å². The Morgan fingerprint density at radius 2 is 2.14 bits per heavy atom. The zero-order valence-corrected chi connectivity index (χ0v) is 12.3. The first kappa shape index (κ1) is 13.0. The second kappa shape index (κ2) is 5.60. The van der Waals surface area contributed by atoms with Gasteiger partial charge in [-0.05, 0) is 12.8 Å². The van der Waals surface area contributed by atoms with E-state index >= 15 is 0 Å². The van der Waals surface area contributed by atoms with Gasteiger partial charge in [-0.3, -0.25) is 4.68 Å². The minimum absolute atomic E-state index is 0.659. The van der Waals surface area contributed by atoms with E-state index in [1.165, 1.54) is 42.9 Å². The number of hydrogen-bond donors (Lipinski definition) is 1. The van der Waals surface area contributed by atoms with Crippen molar-refractivity contribution in [3.63, 3.8) is 0 Å². The summed E-state index contributed by atoms with van der Waals surface area (Å²) in [6.07, 6.45) is 10.1. The van der Waals surface area contributed by atoms with E-state index in [2.05, 4.69) is 20.2 Å². The lowest BCUT2D eigenvalue weighted by molar-refractivity contribution is 0.478. The number of hydrogen-bond acceptors (Lipinski definition) is 4. The van der Waals surface area contributed by atoms with Gasteiger partial charge in [-0.15, -0.1) is 5.10 Å². The molecule has 0 saturated heterocycles. The number of fused-ring (bicyclic) bond motifs is 1. The van der Waals surface area contributed by atoms with Crippen molar-refractivity contribution in [2.24, 2.45) is 0 Å². The Hall–Kier alpha value is -1.69. The molecule has 4 rings (SSSR count). The van der Waals surface area contributed by atoms with Crippen LogP contribution in [0, 0.1) is 0 Å². The maximum Gasteiger partial charge on any atom is 0.112 e. The van der Waals surface area contributed by atoms with Crippen molar-refractivity contribution in [1.29, 1.82) is 0 Å². The molecule has 0 spiro atoms. The summed E-state index contributed by atoms with van der Waals surface area (Å²) in [4.78, 5) is 4.99. The standard InChI is InChI=1S/C15H22N6/c1-2-4-12(3-1)15-18-13-11-16-6-5-14(13)21(15)10-9-20-8-7-17-19-20/h7-8,12,16H,1-6,9-11H2. The molecule has 0 radical (unpaired) electrons. The SMILES string of the molecule is c1cn(CCn2c(C3CCCC3)nc3c2CCNC3)nn1. The van der Waals surface area contributed by atoms with E-state index in [0.717, 1.165) is 32.6 Å². The van der Waals surface area contributed by atoms with Gasteiger partial charge in [0, 0.05) is 43.9 Å². The van der Waals surface area contributed by atoms with E-state index in [9.17, 15) is 0 Å². The average molecular weight is 286 g/mol. The molecular weight excluding hydrogens is 264 g/mol. The van der Waals surface area contributed by atoms with Crippen molar-refractivity contribution in [3.05, 3.63) is 29.6 Å². The summed E-state index contributed by atoms with van der Waals surface area (Å²) in [7, 11) is 0. The van der Waals surface area contributed by atoms with Crippen LogP contribution in [0.2, 0.25) is 0 Å². The molecular formula is C15H22N6. The summed E-state index contributed by atoms with van der Waals surface area (Å²) in [5.41, 5.74) is 2.71. The molecule has 2 aliphatic rings. The molecule has 3 heterocycles. The van der Waals surface area contributed by atoms with Gasteiger partial charge in [0.1, 0.15) is 5.82 Å². The molecule has 0 bridgehead atoms. The fraction of sp³-hybridized carbons (Fsp3) is 0.667. The molecule has 1 fully saturated rings. The summed E-state index contributed by atoms with van der Waals surface area (Å²) in [5, 5.41) is 11.4. The second-order valence-electron chi connectivity index (χ2n) is 6.09. The summed E-state index contributed by atoms with van der Waals surface area (Å²) < 4.78 is 4.39. The highest BCUT2D eigenvalue weighted by molar-refractivity contribution is 5.22. The van der Waals surface area contributed by atoms with Gasteiger partial charge < -0.3 is 9.88 Å². The van der Waals surface area contributed by atoms with Crippen molar-refractivity contribution in [2.75, 3.05) is 6.54 Å². The van der Waals surface area contributed by atoms with Crippen LogP contribution in [0.3, 0.4) is 0 Å². The number of aryl methyl sites for hydroxylation is 1. The molecule has 1 saturated carbocycles. The molecule has 6 nitrogen and oxygen atoms in total. The number of aromatic nitrogens is 5. The predicted molar refractivity (Wildman–Crippen MR) is 78.9 cm³/mol. The second-order valence-corrected chi connectivity index (χ2v) is 6.09. The first-order valence-electron chi connectivity index (χ1n) is 8.05. The van der Waals surface area contributed by atoms with Crippen LogP contribution in [0.5, 0.6) is 0 Å². The number of imidazole rings is 1. The normalized spacial score (nSPS) is 19.0. The summed E-state index contributed by atoms with van der Waals surface area (Å²) in [6.45, 7) is 3.81. The zero-order valence-electron chi connectivity index (χ0n) is 12.3. The lowest BCUT2D eigenvalue weighted by Gasteiger charge is -2.17. The maximum absolute atomic E-state index is 4.99. The van der Waals surface area contributed by atoms with Crippen LogP contribution < -0.4 is 5.32 Å². The van der Waals surface area contributed by atoms with Crippen LogP contribution in [0.4, 0.5) is 0 Å². The average Bonchev–Trinajstić information content (AvgIpc) is 3.25. The van der Waals surface area contributed by atoms with Gasteiger partial charge in [-0.2, -0.15) is 0 Å². The quantitative estimate of drug-likeness (QED) is 0.925. The third-order valence-electron chi connectivity index (χ3n) is 4.76. The lowest BCUT2D eigenvalue weighted by atomic mass is 10.1. The van der Waals surface area contributed by atoms with Crippen LogP contribution in [-0.4, -0.2) is 31.1 Å². The highest BCUT2D eigenvalue weighted by Crippen LogP contribution is 2.35. The van der Waals surface area contributed by atoms with Crippen molar-refractivity contribution < 1.29 is 0 Å². The van der Waals surface area contributed by atoms with Gasteiger partial charge in [-0.1, -0.05) is 18.1 Å². The molecule has 1 aliphatic heterocycles. The van der Waals surface area contributed by atoms with Crippen molar-refractivity contribution >= 4 is 0 Å². The molecule has 2 aromatic rings. The minimum atomic E-state index is 0.659. The van der Waals surface area contributed by atoms with E-state index in [0.29, 0.717) is 5.92 Å². The van der Waals surface area contributed by atoms with E-state index < -0.39 is 0 Å². The number of nitrogens with zero attached hydrogens (tertiary/aromatic N) is 5. The Kier molecular flexibility index (Phi) is 3.47. The third-order valence-corrected chi connectivity index (χ3v) is 4.76. The Morgan fingerprint density at radius 3 is 2.95 bits per heavy atom. The van der Waals surface area contributed by atoms with Crippen molar-refractivity contribution in [3.8, 4) is 0 Å². The Morgan fingerprint density at radius 1 is 1.24 bits per heavy atom. The topological polar surface area (TPSA) is 60.6 Å². The molecule has 0 amide bonds. The molecule has 2 aromatic heterocycles. The molecule has 21 heavy (non-hydrogen) atoms. The highest BCUT2D eigenvalue weighted by atomic mass is 15.4. The van der Waals surface area contributed by atoms with Gasteiger partial charge in [0.2, 0.25) is 0 Å². The molecule has 112 valence electrons. The number of nitrogens with one attached hydrogen (secondary N) is 1. The smallest absolute Gasteiger partial charge is 0.112 e. The Balaban J connectivity index is 1.63. The zero-order chi connectivity index (χ0) is 14.1. The first-order valence-corrected chi connectivity index (χ1v) is 8.05. The van der Waals surface area contributed by atoms with E-state index in [1.54, 1.807) is 6.20 Å². The summed E-state index contributed by atoms with van der Waals surface area (Å²) in [6, 6.07) is 0. The summed E-state index contributed by atoms with van der Waals surface area (Å²) in [5.74, 6) is 1.98. The molecule has 0 unspecified atom stereocenters. The largest absolute Gasteiger partial charge is 0.330 e. The molecule has 1 N–H and O–H groups in total. The molecule has 0 aromatic carbocycles. The third kappa shape index (κ3) is 2.48.